The van der Waals surface area contributed by atoms with Crippen molar-refractivity contribution in [3.63, 3.8) is 0 Å². The van der Waals surface area contributed by atoms with Crippen molar-refractivity contribution in [2.45, 2.75) is 38.8 Å². The summed E-state index contributed by atoms with van der Waals surface area (Å²) in [4.78, 5) is 27.1. The lowest BCUT2D eigenvalue weighted by molar-refractivity contribution is -0.158. The molecule has 0 saturated heterocycles. The molecule has 1 aromatic rings. The topological polar surface area (TPSA) is 70.4 Å². The van der Waals surface area contributed by atoms with Gasteiger partial charge in [0.25, 0.3) is 0 Å². The Kier molecular flexibility index (Phi) is 5.22. The molecule has 0 unspecified atom stereocenters. The summed E-state index contributed by atoms with van der Waals surface area (Å²) in [5.74, 6) is -1.59. The van der Waals surface area contributed by atoms with Gasteiger partial charge in [-0.05, 0) is 43.9 Å². The number of esters is 1. The molecule has 0 bridgehead atoms. The fourth-order valence-electron chi connectivity index (χ4n) is 3.50. The van der Waals surface area contributed by atoms with Gasteiger partial charge in [0.2, 0.25) is 5.91 Å². The second kappa shape index (κ2) is 7.57. The molecule has 5 heteroatoms. The van der Waals surface area contributed by atoms with Crippen molar-refractivity contribution in [1.29, 1.82) is 5.26 Å². The SMILES string of the molecule is CC(C)OC(=O)[C@@H]1CC=CC[C@H]1C(=O)N1C=Cc2ccccc2[C@H]1C#N. The Balaban J connectivity index is 1.87. The van der Waals surface area contributed by atoms with Crippen LogP contribution in [0.3, 0.4) is 0 Å². The minimum absolute atomic E-state index is 0.211. The first-order valence-electron chi connectivity index (χ1n) is 8.87. The first-order chi connectivity index (χ1) is 12.5. The highest BCUT2D eigenvalue weighted by Gasteiger charge is 2.40. The maximum atomic E-state index is 13.2. The number of nitrogens with zero attached hydrogens (tertiary/aromatic N) is 2. The Morgan fingerprint density at radius 3 is 2.58 bits per heavy atom. The lowest BCUT2D eigenvalue weighted by atomic mass is 9.81. The lowest BCUT2D eigenvalue weighted by Gasteiger charge is -2.34. The Morgan fingerprint density at radius 1 is 1.19 bits per heavy atom. The van der Waals surface area contributed by atoms with Crippen molar-refractivity contribution in [1.82, 2.24) is 4.90 Å². The van der Waals surface area contributed by atoms with Crippen molar-refractivity contribution in [3.05, 3.63) is 53.7 Å². The van der Waals surface area contributed by atoms with E-state index in [1.165, 1.54) is 4.90 Å². The van der Waals surface area contributed by atoms with Gasteiger partial charge < -0.3 is 4.74 Å². The fraction of sp³-hybridized carbons (Fsp3) is 0.381. The second-order valence-corrected chi connectivity index (χ2v) is 6.86. The van der Waals surface area contributed by atoms with Crippen LogP contribution in [0.1, 0.15) is 43.9 Å². The molecule has 1 heterocycles. The zero-order valence-electron chi connectivity index (χ0n) is 15.0. The number of fused-ring (bicyclic) bond motifs is 1. The molecule has 1 aromatic carbocycles. The summed E-state index contributed by atoms with van der Waals surface area (Å²) in [6.07, 6.45) is 8.05. The van der Waals surface area contributed by atoms with Gasteiger partial charge in [0.15, 0.2) is 0 Å². The van der Waals surface area contributed by atoms with Crippen molar-refractivity contribution >= 4 is 18.0 Å². The summed E-state index contributed by atoms with van der Waals surface area (Å²) in [5, 5.41) is 9.67. The Morgan fingerprint density at radius 2 is 1.88 bits per heavy atom. The van der Waals surface area contributed by atoms with E-state index in [0.717, 1.165) is 11.1 Å². The molecule has 2 aliphatic rings. The zero-order valence-corrected chi connectivity index (χ0v) is 15.0. The third-order valence-electron chi connectivity index (χ3n) is 4.76. The van der Waals surface area contributed by atoms with Crippen molar-refractivity contribution in [2.24, 2.45) is 11.8 Å². The first kappa shape index (κ1) is 17.9. The van der Waals surface area contributed by atoms with Gasteiger partial charge in [0.05, 0.1) is 24.0 Å². The average molecular weight is 350 g/mol. The molecule has 1 aliphatic heterocycles. The van der Waals surface area contributed by atoms with E-state index in [1.54, 1.807) is 20.0 Å². The summed E-state index contributed by atoms with van der Waals surface area (Å²) >= 11 is 0. The predicted molar refractivity (Wildman–Crippen MR) is 97.3 cm³/mol. The summed E-state index contributed by atoms with van der Waals surface area (Å²) in [7, 11) is 0. The van der Waals surface area contributed by atoms with Gasteiger partial charge in [-0.2, -0.15) is 5.26 Å². The largest absolute Gasteiger partial charge is 0.463 e. The molecule has 0 radical (unpaired) electrons. The van der Waals surface area contributed by atoms with E-state index in [2.05, 4.69) is 6.07 Å². The van der Waals surface area contributed by atoms with Gasteiger partial charge in [0, 0.05) is 6.20 Å². The van der Waals surface area contributed by atoms with Gasteiger partial charge in [0.1, 0.15) is 6.04 Å². The maximum absolute atomic E-state index is 13.2. The van der Waals surface area contributed by atoms with Crippen molar-refractivity contribution in [2.75, 3.05) is 0 Å². The number of nitriles is 1. The normalized spacial score (nSPS) is 24.1. The third kappa shape index (κ3) is 3.41. The van der Waals surface area contributed by atoms with E-state index < -0.39 is 17.9 Å². The van der Waals surface area contributed by atoms with E-state index in [-0.39, 0.29) is 18.0 Å². The fourth-order valence-corrected chi connectivity index (χ4v) is 3.50. The van der Waals surface area contributed by atoms with Gasteiger partial charge in [-0.15, -0.1) is 0 Å². The molecule has 1 amide bonds. The Hall–Kier alpha value is -2.87. The number of hydrogen-bond donors (Lipinski definition) is 0. The molecular formula is C21H22N2O3. The third-order valence-corrected chi connectivity index (χ3v) is 4.76. The van der Waals surface area contributed by atoms with Crippen LogP contribution in [0.4, 0.5) is 0 Å². The van der Waals surface area contributed by atoms with Crippen LogP contribution in [-0.2, 0) is 14.3 Å². The molecule has 0 spiro atoms. The molecule has 3 atom stereocenters. The molecule has 0 aromatic heterocycles. The van der Waals surface area contributed by atoms with E-state index >= 15 is 0 Å². The van der Waals surface area contributed by atoms with Gasteiger partial charge in [-0.3, -0.25) is 14.5 Å². The van der Waals surface area contributed by atoms with Gasteiger partial charge in [-0.1, -0.05) is 36.4 Å². The highest BCUT2D eigenvalue weighted by atomic mass is 16.5. The summed E-state index contributed by atoms with van der Waals surface area (Å²) in [6.45, 7) is 3.59. The predicted octanol–water partition coefficient (Wildman–Crippen LogP) is 3.60. The zero-order chi connectivity index (χ0) is 18.7. The number of amides is 1. The quantitative estimate of drug-likeness (QED) is 0.617. The number of carbonyl (C=O) groups excluding carboxylic acids is 2. The number of benzene rings is 1. The number of rotatable bonds is 3. The van der Waals surface area contributed by atoms with E-state index in [0.29, 0.717) is 12.8 Å². The highest BCUT2D eigenvalue weighted by molar-refractivity contribution is 5.88. The highest BCUT2D eigenvalue weighted by Crippen LogP contribution is 2.35. The second-order valence-electron chi connectivity index (χ2n) is 6.86. The van der Waals surface area contributed by atoms with Crippen LogP contribution in [0.25, 0.3) is 6.08 Å². The van der Waals surface area contributed by atoms with Crippen LogP contribution in [0.2, 0.25) is 0 Å². The number of carbonyl (C=O) groups is 2. The first-order valence-corrected chi connectivity index (χ1v) is 8.87. The molecular weight excluding hydrogens is 328 g/mol. The maximum Gasteiger partial charge on any atom is 0.310 e. The summed E-state index contributed by atoms with van der Waals surface area (Å²) < 4.78 is 5.34. The van der Waals surface area contributed by atoms with Crippen molar-refractivity contribution in [3.8, 4) is 6.07 Å². The smallest absolute Gasteiger partial charge is 0.310 e. The Bertz CT molecular complexity index is 804. The average Bonchev–Trinajstić information content (AvgIpc) is 2.66. The van der Waals surface area contributed by atoms with Crippen LogP contribution < -0.4 is 0 Å². The monoisotopic (exact) mass is 350 g/mol. The molecule has 3 rings (SSSR count). The molecule has 0 N–H and O–H groups in total. The van der Waals surface area contributed by atoms with E-state index in [4.69, 9.17) is 4.74 Å². The van der Waals surface area contributed by atoms with Gasteiger partial charge >= 0.3 is 5.97 Å². The number of ether oxygens (including phenoxy) is 1. The summed E-state index contributed by atoms with van der Waals surface area (Å²) in [6, 6.07) is 9.08. The standard InChI is InChI=1S/C21H22N2O3/c1-14(2)26-21(25)18-10-6-5-9-17(18)20(24)23-12-11-15-7-3-4-8-16(15)19(23)13-22/h3-8,11-12,14,17-19H,9-10H2,1-2H3/t17-,18-,19-/m1/s1. The van der Waals surface area contributed by atoms with Crippen LogP contribution in [0.5, 0.6) is 0 Å². The Labute approximate surface area is 153 Å². The van der Waals surface area contributed by atoms with E-state index in [1.807, 2.05) is 42.5 Å². The van der Waals surface area contributed by atoms with Crippen LogP contribution in [0.15, 0.2) is 42.6 Å². The molecule has 0 fully saturated rings. The van der Waals surface area contributed by atoms with Crippen LogP contribution >= 0.6 is 0 Å². The van der Waals surface area contributed by atoms with E-state index in [9.17, 15) is 14.9 Å². The molecule has 5 nitrogen and oxygen atoms in total. The molecule has 26 heavy (non-hydrogen) atoms. The van der Waals surface area contributed by atoms with Gasteiger partial charge in [-0.25, -0.2) is 0 Å². The molecule has 0 saturated carbocycles. The number of hydrogen-bond acceptors (Lipinski definition) is 4. The molecule has 134 valence electrons. The van der Waals surface area contributed by atoms with Crippen molar-refractivity contribution < 1.29 is 14.3 Å². The minimum Gasteiger partial charge on any atom is -0.463 e. The molecule has 1 aliphatic carbocycles. The summed E-state index contributed by atoms with van der Waals surface area (Å²) in [5.41, 5.74) is 1.74. The van der Waals surface area contributed by atoms with Crippen LogP contribution in [-0.4, -0.2) is 22.9 Å². The van der Waals surface area contributed by atoms with Crippen LogP contribution in [0, 0.1) is 23.2 Å². The number of allylic oxidation sites excluding steroid dienone is 2. The minimum atomic E-state index is -0.684. The lowest BCUT2D eigenvalue weighted by Crippen LogP contribution is -2.42.